The van der Waals surface area contributed by atoms with Gasteiger partial charge in [0.15, 0.2) is 5.76 Å². The summed E-state index contributed by atoms with van der Waals surface area (Å²) in [5, 5.41) is 9.66. The van der Waals surface area contributed by atoms with Gasteiger partial charge in [0, 0.05) is 29.0 Å². The van der Waals surface area contributed by atoms with E-state index < -0.39 is 0 Å². The van der Waals surface area contributed by atoms with Crippen molar-refractivity contribution in [2.75, 3.05) is 6.54 Å². The molecule has 1 aliphatic rings. The van der Waals surface area contributed by atoms with Gasteiger partial charge in [0.1, 0.15) is 5.76 Å². The molecule has 0 aliphatic heterocycles. The smallest absolute Gasteiger partial charge is 0.287 e. The summed E-state index contributed by atoms with van der Waals surface area (Å²) >= 11 is 7.76. The van der Waals surface area contributed by atoms with Gasteiger partial charge in [-0.15, -0.1) is 11.3 Å². The number of thiophene rings is 1. The number of aryl methyl sites for hydroxylation is 1. The minimum absolute atomic E-state index is 0.233. The lowest BCUT2D eigenvalue weighted by molar-refractivity contribution is 0.0922. The molecule has 1 aromatic carbocycles. The molecule has 0 unspecified atom stereocenters. The molecule has 0 saturated heterocycles. The third kappa shape index (κ3) is 4.73. The van der Waals surface area contributed by atoms with Crippen LogP contribution in [0.2, 0.25) is 5.02 Å². The monoisotopic (exact) mass is 455 g/mol. The largest absolute Gasteiger partial charge is 0.455 e. The summed E-state index contributed by atoms with van der Waals surface area (Å²) in [4.78, 5) is 26.3. The number of halogens is 1. The number of hydrazone groups is 1. The van der Waals surface area contributed by atoms with E-state index in [0.717, 1.165) is 36.1 Å². The first kappa shape index (κ1) is 21.3. The Morgan fingerprint density at radius 2 is 2.00 bits per heavy atom. The lowest BCUT2D eigenvalue weighted by Gasteiger charge is -2.13. The molecule has 0 radical (unpaired) electrons. The fourth-order valence-electron chi connectivity index (χ4n) is 3.65. The lowest BCUT2D eigenvalue weighted by atomic mass is 9.93. The molecule has 6 nitrogen and oxygen atoms in total. The molecular weight excluding hydrogens is 434 g/mol. The highest BCUT2D eigenvalue weighted by Crippen LogP contribution is 2.30. The zero-order chi connectivity index (χ0) is 21.8. The van der Waals surface area contributed by atoms with Crippen LogP contribution < -0.4 is 10.7 Å². The van der Waals surface area contributed by atoms with Crippen LogP contribution in [-0.2, 0) is 12.8 Å². The molecule has 2 aromatic heterocycles. The Morgan fingerprint density at radius 1 is 1.16 bits per heavy atom. The second kappa shape index (κ2) is 9.49. The van der Waals surface area contributed by atoms with E-state index in [4.69, 9.17) is 16.0 Å². The summed E-state index contributed by atoms with van der Waals surface area (Å²) in [6.07, 6.45) is 3.04. The highest BCUT2D eigenvalue weighted by Gasteiger charge is 2.28. The van der Waals surface area contributed by atoms with Gasteiger partial charge in [-0.25, -0.2) is 5.43 Å². The number of hydrogen-bond donors (Lipinski definition) is 2. The van der Waals surface area contributed by atoms with Gasteiger partial charge in [-0.1, -0.05) is 29.8 Å². The molecule has 0 saturated carbocycles. The average molecular weight is 456 g/mol. The highest BCUT2D eigenvalue weighted by atomic mass is 35.5. The average Bonchev–Trinajstić information content (AvgIpc) is 3.40. The number of hydrogen-bond acceptors (Lipinski definition) is 5. The topological polar surface area (TPSA) is 83.7 Å². The van der Waals surface area contributed by atoms with Crippen LogP contribution in [-0.4, -0.2) is 24.1 Å². The molecule has 2 heterocycles. The van der Waals surface area contributed by atoms with E-state index >= 15 is 0 Å². The highest BCUT2D eigenvalue weighted by molar-refractivity contribution is 7.09. The Labute approximate surface area is 189 Å². The number of rotatable bonds is 6. The maximum Gasteiger partial charge on any atom is 0.287 e. The molecule has 2 N–H and O–H groups in total. The van der Waals surface area contributed by atoms with Gasteiger partial charge in [0.2, 0.25) is 0 Å². The van der Waals surface area contributed by atoms with Crippen LogP contribution in [0.3, 0.4) is 0 Å². The van der Waals surface area contributed by atoms with Crippen LogP contribution >= 0.6 is 22.9 Å². The quantitative estimate of drug-likeness (QED) is 0.526. The molecule has 0 bridgehead atoms. The van der Waals surface area contributed by atoms with Gasteiger partial charge in [0.25, 0.3) is 11.8 Å². The molecule has 31 heavy (non-hydrogen) atoms. The Bertz CT molecular complexity index is 1140. The van der Waals surface area contributed by atoms with Gasteiger partial charge >= 0.3 is 0 Å². The maximum atomic E-state index is 12.7. The van der Waals surface area contributed by atoms with Crippen molar-refractivity contribution in [3.05, 3.63) is 79.9 Å². The fourth-order valence-corrected chi connectivity index (χ4v) is 4.59. The van der Waals surface area contributed by atoms with Gasteiger partial charge in [-0.2, -0.15) is 5.10 Å². The minimum atomic E-state index is -0.377. The van der Waals surface area contributed by atoms with Crippen molar-refractivity contribution in [3.63, 3.8) is 0 Å². The lowest BCUT2D eigenvalue weighted by Crippen LogP contribution is -2.26. The zero-order valence-electron chi connectivity index (χ0n) is 17.0. The summed E-state index contributed by atoms with van der Waals surface area (Å²) in [6.45, 7) is 2.40. The van der Waals surface area contributed by atoms with E-state index in [2.05, 4.69) is 15.8 Å². The number of nitrogens with one attached hydrogen (secondary N) is 2. The number of carbonyl (C=O) groups is 2. The molecule has 8 heteroatoms. The Balaban J connectivity index is 1.48. The van der Waals surface area contributed by atoms with Gasteiger partial charge < -0.3 is 9.73 Å². The normalized spacial score (nSPS) is 14.3. The number of carbonyl (C=O) groups excluding carboxylic acids is 2. The molecule has 0 fully saturated rings. The van der Waals surface area contributed by atoms with E-state index in [1.807, 2.05) is 24.4 Å². The molecule has 3 aromatic rings. The third-order valence-corrected chi connectivity index (χ3v) is 6.45. The molecular formula is C23H22ClN3O3S. The Morgan fingerprint density at radius 3 is 2.77 bits per heavy atom. The van der Waals surface area contributed by atoms with E-state index in [1.165, 1.54) is 4.88 Å². The summed E-state index contributed by atoms with van der Waals surface area (Å²) < 4.78 is 5.90. The van der Waals surface area contributed by atoms with E-state index in [-0.39, 0.29) is 11.8 Å². The molecule has 2 amide bonds. The van der Waals surface area contributed by atoms with Crippen molar-refractivity contribution in [1.29, 1.82) is 0 Å². The second-order valence-corrected chi connectivity index (χ2v) is 8.71. The molecule has 0 spiro atoms. The molecule has 4 rings (SSSR count). The van der Waals surface area contributed by atoms with Crippen LogP contribution in [0.25, 0.3) is 0 Å². The predicted molar refractivity (Wildman–Crippen MR) is 122 cm³/mol. The maximum absolute atomic E-state index is 12.7. The fraction of sp³-hybridized carbons (Fsp3) is 0.261. The van der Waals surface area contributed by atoms with Crippen LogP contribution in [0.1, 0.15) is 55.5 Å². The summed E-state index contributed by atoms with van der Waals surface area (Å²) in [5.74, 6) is 0.432. The number of furan rings is 1. The van der Waals surface area contributed by atoms with Crippen LogP contribution in [0, 0.1) is 6.92 Å². The zero-order valence-corrected chi connectivity index (χ0v) is 18.6. The second-order valence-electron chi connectivity index (χ2n) is 7.27. The Kier molecular flexibility index (Phi) is 6.53. The summed E-state index contributed by atoms with van der Waals surface area (Å²) in [7, 11) is 0. The minimum Gasteiger partial charge on any atom is -0.455 e. The molecule has 160 valence electrons. The van der Waals surface area contributed by atoms with Gasteiger partial charge in [-0.05, 0) is 49.8 Å². The van der Waals surface area contributed by atoms with Gasteiger partial charge in [0.05, 0.1) is 16.3 Å². The van der Waals surface area contributed by atoms with E-state index in [0.29, 0.717) is 35.0 Å². The standard InChI is InChI=1S/C23H22ClN3O3S/c1-14-20-18(26-27-22(28)16-7-2-3-8-17(16)24)9-4-10-19(20)30-21(14)23(29)25-12-11-15-6-5-13-31-15/h2-3,5-8,13H,4,9-12H2,1H3,(H,25,29)(H,27,28)/b26-18+. The first-order valence-electron chi connectivity index (χ1n) is 10.1. The molecule has 0 atom stereocenters. The molecule has 1 aliphatic carbocycles. The SMILES string of the molecule is Cc1c(C(=O)NCCc2cccs2)oc2c1/C(=N/NC(=O)c1ccccc1Cl)CCC2. The van der Waals surface area contributed by atoms with Crippen LogP contribution in [0.15, 0.2) is 51.3 Å². The van der Waals surface area contributed by atoms with Crippen LogP contribution in [0.5, 0.6) is 0 Å². The Hall–Kier alpha value is -2.90. The number of amides is 2. The van der Waals surface area contributed by atoms with Crippen molar-refractivity contribution >= 4 is 40.5 Å². The predicted octanol–water partition coefficient (Wildman–Crippen LogP) is 4.75. The first-order valence-corrected chi connectivity index (χ1v) is 11.3. The van der Waals surface area contributed by atoms with Crippen molar-refractivity contribution in [2.45, 2.75) is 32.6 Å². The van der Waals surface area contributed by atoms with E-state index in [9.17, 15) is 9.59 Å². The third-order valence-electron chi connectivity index (χ3n) is 5.18. The van der Waals surface area contributed by atoms with Crippen molar-refractivity contribution in [1.82, 2.24) is 10.7 Å². The summed E-state index contributed by atoms with van der Waals surface area (Å²) in [5.41, 5.74) is 5.22. The first-order chi connectivity index (χ1) is 15.0. The van der Waals surface area contributed by atoms with Crippen molar-refractivity contribution < 1.29 is 14.0 Å². The van der Waals surface area contributed by atoms with Crippen molar-refractivity contribution in [2.24, 2.45) is 5.10 Å². The van der Waals surface area contributed by atoms with E-state index in [1.54, 1.807) is 35.6 Å². The number of benzene rings is 1. The van der Waals surface area contributed by atoms with Crippen LogP contribution in [0.4, 0.5) is 0 Å². The van der Waals surface area contributed by atoms with Gasteiger partial charge in [-0.3, -0.25) is 9.59 Å². The van der Waals surface area contributed by atoms with Crippen molar-refractivity contribution in [3.8, 4) is 0 Å². The number of nitrogens with zero attached hydrogens (tertiary/aromatic N) is 1. The number of fused-ring (bicyclic) bond motifs is 1. The summed E-state index contributed by atoms with van der Waals surface area (Å²) in [6, 6.07) is 10.9.